The zero-order chi connectivity index (χ0) is 14.5. The quantitative estimate of drug-likeness (QED) is 0.911. The van der Waals surface area contributed by atoms with Crippen LogP contribution in [0, 0.1) is 0 Å². The highest BCUT2D eigenvalue weighted by Gasteiger charge is 2.22. The molecule has 2 aromatic rings. The van der Waals surface area contributed by atoms with Gasteiger partial charge in [-0.15, -0.1) is 0 Å². The molecule has 0 aromatic heterocycles. The molecule has 0 amide bonds. The Morgan fingerprint density at radius 1 is 0.952 bits per heavy atom. The first-order chi connectivity index (χ1) is 10.4. The summed E-state index contributed by atoms with van der Waals surface area (Å²) in [6, 6.07) is 18.5. The Hall–Kier alpha value is -1.84. The van der Waals surface area contributed by atoms with Gasteiger partial charge in [-0.3, -0.25) is 4.90 Å². The van der Waals surface area contributed by atoms with Crippen LogP contribution >= 0.6 is 0 Å². The summed E-state index contributed by atoms with van der Waals surface area (Å²) >= 11 is 0. The molecule has 1 heterocycles. The van der Waals surface area contributed by atoms with Gasteiger partial charge in [0.25, 0.3) is 0 Å². The molecule has 1 fully saturated rings. The van der Waals surface area contributed by atoms with Gasteiger partial charge in [-0.05, 0) is 55.8 Å². The second-order valence-corrected chi connectivity index (χ2v) is 5.48. The number of benzene rings is 2. The lowest BCUT2D eigenvalue weighted by Crippen LogP contribution is -2.31. The van der Waals surface area contributed by atoms with Crippen molar-refractivity contribution in [3.05, 3.63) is 60.2 Å². The van der Waals surface area contributed by atoms with E-state index in [9.17, 15) is 0 Å². The number of nitrogens with zero attached hydrogens (tertiary/aromatic N) is 1. The molecule has 0 bridgehead atoms. The first kappa shape index (κ1) is 14.1. The lowest BCUT2D eigenvalue weighted by molar-refractivity contribution is 0.251. The Morgan fingerprint density at radius 3 is 2.38 bits per heavy atom. The molecule has 21 heavy (non-hydrogen) atoms. The van der Waals surface area contributed by atoms with Crippen molar-refractivity contribution in [2.45, 2.75) is 18.9 Å². The summed E-state index contributed by atoms with van der Waals surface area (Å²) in [5.41, 5.74) is 7.25. The molecule has 1 aliphatic heterocycles. The van der Waals surface area contributed by atoms with Crippen LogP contribution in [0.3, 0.4) is 0 Å². The van der Waals surface area contributed by atoms with E-state index in [2.05, 4.69) is 17.0 Å². The van der Waals surface area contributed by atoms with Gasteiger partial charge in [0, 0.05) is 12.6 Å². The summed E-state index contributed by atoms with van der Waals surface area (Å²) < 4.78 is 5.92. The number of para-hydroxylation sites is 1. The number of hydrogen-bond acceptors (Lipinski definition) is 3. The molecule has 0 unspecified atom stereocenters. The lowest BCUT2D eigenvalue weighted by Gasteiger charge is -2.26. The van der Waals surface area contributed by atoms with E-state index < -0.39 is 0 Å². The third-order valence-corrected chi connectivity index (χ3v) is 4.03. The van der Waals surface area contributed by atoms with Crippen LogP contribution in [0.1, 0.15) is 24.4 Å². The van der Waals surface area contributed by atoms with Crippen LogP contribution in [0.2, 0.25) is 0 Å². The van der Waals surface area contributed by atoms with Crippen LogP contribution in [-0.2, 0) is 0 Å². The molecule has 2 aromatic carbocycles. The molecule has 0 saturated carbocycles. The number of hydrogen-bond donors (Lipinski definition) is 1. The van der Waals surface area contributed by atoms with Crippen LogP contribution in [0.15, 0.2) is 54.6 Å². The van der Waals surface area contributed by atoms with E-state index in [4.69, 9.17) is 10.5 Å². The first-order valence-corrected chi connectivity index (χ1v) is 7.64. The maximum Gasteiger partial charge on any atom is 0.127 e. The fourth-order valence-electron chi connectivity index (χ4n) is 2.96. The molecule has 2 N–H and O–H groups in total. The second kappa shape index (κ2) is 6.74. The van der Waals surface area contributed by atoms with Crippen molar-refractivity contribution >= 4 is 0 Å². The standard InChI is InChI=1S/C18H22N2O/c19-14-18(20-11-4-5-12-20)15-7-6-10-17(13-15)21-16-8-2-1-3-9-16/h1-3,6-10,13,18H,4-5,11-12,14,19H2/t18-/m1/s1. The summed E-state index contributed by atoms with van der Waals surface area (Å²) in [6.07, 6.45) is 2.55. The van der Waals surface area contributed by atoms with Gasteiger partial charge < -0.3 is 10.5 Å². The average Bonchev–Trinajstić information content (AvgIpc) is 3.04. The maximum atomic E-state index is 6.00. The number of ether oxygens (including phenoxy) is 1. The van der Waals surface area contributed by atoms with Gasteiger partial charge in [0.2, 0.25) is 0 Å². The van der Waals surface area contributed by atoms with Crippen molar-refractivity contribution in [3.8, 4) is 11.5 Å². The smallest absolute Gasteiger partial charge is 0.127 e. The SMILES string of the molecule is NC[C@H](c1cccc(Oc2ccccc2)c1)N1CCCC1. The van der Waals surface area contributed by atoms with Crippen molar-refractivity contribution in [2.75, 3.05) is 19.6 Å². The molecule has 0 spiro atoms. The van der Waals surface area contributed by atoms with Crippen LogP contribution in [0.5, 0.6) is 11.5 Å². The third kappa shape index (κ3) is 3.43. The van der Waals surface area contributed by atoms with Crippen molar-refractivity contribution in [1.82, 2.24) is 4.90 Å². The molecular weight excluding hydrogens is 260 g/mol. The average molecular weight is 282 g/mol. The van der Waals surface area contributed by atoms with Gasteiger partial charge in [-0.1, -0.05) is 30.3 Å². The van der Waals surface area contributed by atoms with E-state index in [1.165, 1.54) is 18.4 Å². The topological polar surface area (TPSA) is 38.5 Å². The molecule has 0 aliphatic carbocycles. The Balaban J connectivity index is 1.78. The zero-order valence-corrected chi connectivity index (χ0v) is 12.2. The number of nitrogens with two attached hydrogens (primary N) is 1. The summed E-state index contributed by atoms with van der Waals surface area (Å²) in [4.78, 5) is 2.47. The fourth-order valence-corrected chi connectivity index (χ4v) is 2.96. The predicted molar refractivity (Wildman–Crippen MR) is 85.6 cm³/mol. The zero-order valence-electron chi connectivity index (χ0n) is 12.2. The van der Waals surface area contributed by atoms with Crippen LogP contribution < -0.4 is 10.5 Å². The van der Waals surface area contributed by atoms with E-state index in [-0.39, 0.29) is 0 Å². The summed E-state index contributed by atoms with van der Waals surface area (Å²) in [7, 11) is 0. The van der Waals surface area contributed by atoms with Crippen molar-refractivity contribution in [1.29, 1.82) is 0 Å². The summed E-state index contributed by atoms with van der Waals surface area (Å²) in [5, 5.41) is 0. The van der Waals surface area contributed by atoms with Crippen LogP contribution in [0.4, 0.5) is 0 Å². The van der Waals surface area contributed by atoms with Crippen molar-refractivity contribution in [2.24, 2.45) is 5.73 Å². The Labute approximate surface area is 126 Å². The van der Waals surface area contributed by atoms with Gasteiger partial charge in [-0.25, -0.2) is 0 Å². The highest BCUT2D eigenvalue weighted by atomic mass is 16.5. The van der Waals surface area contributed by atoms with Gasteiger partial charge in [0.05, 0.1) is 0 Å². The van der Waals surface area contributed by atoms with Gasteiger partial charge in [0.15, 0.2) is 0 Å². The molecule has 1 atom stereocenters. The largest absolute Gasteiger partial charge is 0.457 e. The molecule has 3 heteroatoms. The Kier molecular flexibility index (Phi) is 4.53. The maximum absolute atomic E-state index is 6.00. The predicted octanol–water partition coefficient (Wildman–Crippen LogP) is 3.57. The van der Waals surface area contributed by atoms with Crippen molar-refractivity contribution in [3.63, 3.8) is 0 Å². The van der Waals surface area contributed by atoms with E-state index in [1.807, 2.05) is 42.5 Å². The minimum Gasteiger partial charge on any atom is -0.457 e. The van der Waals surface area contributed by atoms with Gasteiger partial charge in [0.1, 0.15) is 11.5 Å². The normalized spacial score (nSPS) is 16.8. The van der Waals surface area contributed by atoms with Crippen LogP contribution in [-0.4, -0.2) is 24.5 Å². The number of likely N-dealkylation sites (tertiary alicyclic amines) is 1. The molecular formula is C18H22N2O. The van der Waals surface area contributed by atoms with Gasteiger partial charge >= 0.3 is 0 Å². The van der Waals surface area contributed by atoms with E-state index in [0.717, 1.165) is 24.6 Å². The molecule has 1 aliphatic rings. The van der Waals surface area contributed by atoms with Gasteiger partial charge in [-0.2, -0.15) is 0 Å². The Bertz CT molecular complexity index is 564. The Morgan fingerprint density at radius 2 is 1.67 bits per heavy atom. The molecule has 0 radical (unpaired) electrons. The summed E-state index contributed by atoms with van der Waals surface area (Å²) in [6.45, 7) is 2.94. The number of rotatable bonds is 5. The second-order valence-electron chi connectivity index (χ2n) is 5.48. The van der Waals surface area contributed by atoms with E-state index >= 15 is 0 Å². The molecule has 3 nitrogen and oxygen atoms in total. The highest BCUT2D eigenvalue weighted by molar-refractivity contribution is 5.35. The lowest BCUT2D eigenvalue weighted by atomic mass is 10.1. The fraction of sp³-hybridized carbons (Fsp3) is 0.333. The highest BCUT2D eigenvalue weighted by Crippen LogP contribution is 2.28. The minimum atomic E-state index is 0.298. The van der Waals surface area contributed by atoms with E-state index in [1.54, 1.807) is 0 Å². The third-order valence-electron chi connectivity index (χ3n) is 4.03. The van der Waals surface area contributed by atoms with E-state index in [0.29, 0.717) is 12.6 Å². The van der Waals surface area contributed by atoms with Crippen LogP contribution in [0.25, 0.3) is 0 Å². The molecule has 110 valence electrons. The summed E-state index contributed by atoms with van der Waals surface area (Å²) in [5.74, 6) is 1.73. The van der Waals surface area contributed by atoms with Crippen molar-refractivity contribution < 1.29 is 4.74 Å². The molecule has 3 rings (SSSR count). The minimum absolute atomic E-state index is 0.298. The first-order valence-electron chi connectivity index (χ1n) is 7.64. The monoisotopic (exact) mass is 282 g/mol. The molecule has 1 saturated heterocycles.